The van der Waals surface area contributed by atoms with E-state index in [-0.39, 0.29) is 11.8 Å². The van der Waals surface area contributed by atoms with Crippen LogP contribution in [-0.2, 0) is 16.0 Å². The van der Waals surface area contributed by atoms with Crippen molar-refractivity contribution in [2.75, 3.05) is 38.2 Å². The van der Waals surface area contributed by atoms with Crippen LogP contribution in [0, 0.1) is 5.92 Å². The second-order valence-corrected chi connectivity index (χ2v) is 5.70. The molecule has 0 spiro atoms. The molecule has 1 amide bonds. The average molecular weight is 290 g/mol. The molecule has 1 aliphatic rings. The molecule has 1 aromatic rings. The van der Waals surface area contributed by atoms with Gasteiger partial charge in [0.05, 0.1) is 13.2 Å². The number of anilines is 1. The summed E-state index contributed by atoms with van der Waals surface area (Å²) in [4.78, 5) is 14.3. The van der Waals surface area contributed by atoms with Crippen LogP contribution in [0.2, 0.25) is 0 Å². The summed E-state index contributed by atoms with van der Waals surface area (Å²) in [5, 5.41) is 2.96. The van der Waals surface area contributed by atoms with Crippen LogP contribution in [0.15, 0.2) is 24.3 Å². The standard InChI is InChI=1S/C17H26N2O2/c1-3-14(2)17(20)18-16-6-4-15(5-7-16)8-9-19-10-12-21-13-11-19/h4-7,14H,3,8-13H2,1-2H3,(H,18,20)/t14-/m0/s1. The molecule has 4 nitrogen and oxygen atoms in total. The second-order valence-electron chi connectivity index (χ2n) is 5.70. The van der Waals surface area contributed by atoms with Crippen molar-refractivity contribution in [3.63, 3.8) is 0 Å². The maximum absolute atomic E-state index is 11.8. The molecule has 0 radical (unpaired) electrons. The maximum atomic E-state index is 11.8. The number of benzene rings is 1. The quantitative estimate of drug-likeness (QED) is 0.875. The molecule has 21 heavy (non-hydrogen) atoms. The monoisotopic (exact) mass is 290 g/mol. The van der Waals surface area contributed by atoms with Crippen molar-refractivity contribution in [3.8, 4) is 0 Å². The highest BCUT2D eigenvalue weighted by Gasteiger charge is 2.11. The Bertz CT molecular complexity index is 439. The SMILES string of the molecule is CC[C@H](C)C(=O)Nc1ccc(CCN2CCOCC2)cc1. The molecule has 0 bridgehead atoms. The molecule has 1 heterocycles. The normalized spacial score (nSPS) is 17.4. The lowest BCUT2D eigenvalue weighted by Crippen LogP contribution is -2.37. The number of nitrogens with zero attached hydrogens (tertiary/aromatic N) is 1. The van der Waals surface area contributed by atoms with Crippen molar-refractivity contribution in [1.29, 1.82) is 0 Å². The van der Waals surface area contributed by atoms with Crippen molar-refractivity contribution in [2.45, 2.75) is 26.7 Å². The van der Waals surface area contributed by atoms with Gasteiger partial charge in [-0.2, -0.15) is 0 Å². The van der Waals surface area contributed by atoms with Gasteiger partial charge in [-0.3, -0.25) is 9.69 Å². The fraction of sp³-hybridized carbons (Fsp3) is 0.588. The molecule has 1 saturated heterocycles. The third kappa shape index (κ3) is 5.14. The van der Waals surface area contributed by atoms with Gasteiger partial charge in [-0.15, -0.1) is 0 Å². The molecule has 116 valence electrons. The van der Waals surface area contributed by atoms with E-state index in [1.807, 2.05) is 26.0 Å². The van der Waals surface area contributed by atoms with E-state index in [1.165, 1.54) is 5.56 Å². The summed E-state index contributed by atoms with van der Waals surface area (Å²) in [6.07, 6.45) is 1.91. The second kappa shape index (κ2) is 8.15. The van der Waals surface area contributed by atoms with Crippen molar-refractivity contribution in [1.82, 2.24) is 4.90 Å². The number of hydrogen-bond acceptors (Lipinski definition) is 3. The highest BCUT2D eigenvalue weighted by atomic mass is 16.5. The Morgan fingerprint density at radius 1 is 1.29 bits per heavy atom. The number of ether oxygens (including phenoxy) is 1. The van der Waals surface area contributed by atoms with Gasteiger partial charge in [0.15, 0.2) is 0 Å². The molecule has 2 rings (SSSR count). The summed E-state index contributed by atoms with van der Waals surface area (Å²) in [7, 11) is 0. The van der Waals surface area contributed by atoms with Gasteiger partial charge in [0.25, 0.3) is 0 Å². The predicted molar refractivity (Wildman–Crippen MR) is 85.5 cm³/mol. The lowest BCUT2D eigenvalue weighted by atomic mass is 10.1. The number of hydrogen-bond donors (Lipinski definition) is 1. The molecular formula is C17H26N2O2. The summed E-state index contributed by atoms with van der Waals surface area (Å²) in [5.41, 5.74) is 2.19. The molecule has 1 N–H and O–H groups in total. The van der Waals surface area contributed by atoms with Crippen LogP contribution in [0.3, 0.4) is 0 Å². The van der Waals surface area contributed by atoms with Crippen molar-refractivity contribution < 1.29 is 9.53 Å². The topological polar surface area (TPSA) is 41.6 Å². The van der Waals surface area contributed by atoms with Gasteiger partial charge in [0, 0.05) is 31.2 Å². The summed E-state index contributed by atoms with van der Waals surface area (Å²) >= 11 is 0. The fourth-order valence-corrected chi connectivity index (χ4v) is 2.32. The molecule has 0 saturated carbocycles. The number of morpholine rings is 1. The van der Waals surface area contributed by atoms with E-state index in [4.69, 9.17) is 4.74 Å². The van der Waals surface area contributed by atoms with E-state index in [0.29, 0.717) is 0 Å². The molecule has 0 unspecified atom stereocenters. The Labute approximate surface area is 127 Å². The Kier molecular flexibility index (Phi) is 6.21. The number of nitrogens with one attached hydrogen (secondary N) is 1. The zero-order chi connectivity index (χ0) is 15.1. The van der Waals surface area contributed by atoms with Gasteiger partial charge in [0.2, 0.25) is 5.91 Å². The highest BCUT2D eigenvalue weighted by Crippen LogP contribution is 2.13. The minimum Gasteiger partial charge on any atom is -0.379 e. The Morgan fingerprint density at radius 2 is 1.95 bits per heavy atom. The molecule has 1 aromatic carbocycles. The number of amides is 1. The van der Waals surface area contributed by atoms with Crippen LogP contribution in [-0.4, -0.2) is 43.7 Å². The Morgan fingerprint density at radius 3 is 2.57 bits per heavy atom. The van der Waals surface area contributed by atoms with Gasteiger partial charge in [-0.05, 0) is 30.5 Å². The molecule has 4 heteroatoms. The van der Waals surface area contributed by atoms with Gasteiger partial charge in [-0.1, -0.05) is 26.0 Å². The molecule has 1 fully saturated rings. The zero-order valence-electron chi connectivity index (χ0n) is 13.1. The summed E-state index contributed by atoms with van der Waals surface area (Å²) < 4.78 is 5.35. The zero-order valence-corrected chi connectivity index (χ0v) is 13.1. The predicted octanol–water partition coefficient (Wildman–Crippen LogP) is 2.55. The van der Waals surface area contributed by atoms with Crippen LogP contribution < -0.4 is 5.32 Å². The Balaban J connectivity index is 1.79. The lowest BCUT2D eigenvalue weighted by molar-refractivity contribution is -0.119. The molecule has 0 aromatic heterocycles. The molecule has 0 aliphatic carbocycles. The van der Waals surface area contributed by atoms with Crippen molar-refractivity contribution in [2.24, 2.45) is 5.92 Å². The third-order valence-electron chi connectivity index (χ3n) is 4.10. The third-order valence-corrected chi connectivity index (χ3v) is 4.10. The first-order valence-electron chi connectivity index (χ1n) is 7.89. The smallest absolute Gasteiger partial charge is 0.227 e. The lowest BCUT2D eigenvalue weighted by Gasteiger charge is -2.26. The van der Waals surface area contributed by atoms with Gasteiger partial charge in [-0.25, -0.2) is 0 Å². The van der Waals surface area contributed by atoms with E-state index < -0.39 is 0 Å². The number of carbonyl (C=O) groups excluding carboxylic acids is 1. The Hall–Kier alpha value is -1.39. The highest BCUT2D eigenvalue weighted by molar-refractivity contribution is 5.92. The van der Waals surface area contributed by atoms with E-state index in [1.54, 1.807) is 0 Å². The fourth-order valence-electron chi connectivity index (χ4n) is 2.32. The molecule has 1 aliphatic heterocycles. The van der Waals surface area contributed by atoms with Crippen LogP contribution in [0.1, 0.15) is 25.8 Å². The largest absolute Gasteiger partial charge is 0.379 e. The van der Waals surface area contributed by atoms with Crippen LogP contribution in [0.25, 0.3) is 0 Å². The van der Waals surface area contributed by atoms with Gasteiger partial charge in [0.1, 0.15) is 0 Å². The molecular weight excluding hydrogens is 264 g/mol. The first-order valence-corrected chi connectivity index (χ1v) is 7.89. The van der Waals surface area contributed by atoms with Crippen LogP contribution >= 0.6 is 0 Å². The minimum absolute atomic E-state index is 0.0611. The first kappa shape index (κ1) is 16.0. The van der Waals surface area contributed by atoms with Gasteiger partial charge < -0.3 is 10.1 Å². The van der Waals surface area contributed by atoms with E-state index in [2.05, 4.69) is 22.3 Å². The maximum Gasteiger partial charge on any atom is 0.227 e. The number of rotatable bonds is 6. The van der Waals surface area contributed by atoms with Crippen molar-refractivity contribution in [3.05, 3.63) is 29.8 Å². The van der Waals surface area contributed by atoms with E-state index >= 15 is 0 Å². The summed E-state index contributed by atoms with van der Waals surface area (Å²) in [5.74, 6) is 0.157. The first-order chi connectivity index (χ1) is 10.2. The van der Waals surface area contributed by atoms with Crippen LogP contribution in [0.4, 0.5) is 5.69 Å². The molecule has 1 atom stereocenters. The minimum atomic E-state index is 0.0611. The van der Waals surface area contributed by atoms with E-state index in [9.17, 15) is 4.79 Å². The number of carbonyl (C=O) groups is 1. The van der Waals surface area contributed by atoms with Crippen molar-refractivity contribution >= 4 is 11.6 Å². The van der Waals surface area contributed by atoms with Gasteiger partial charge >= 0.3 is 0 Å². The summed E-state index contributed by atoms with van der Waals surface area (Å²) in [6.45, 7) is 8.81. The van der Waals surface area contributed by atoms with Crippen LogP contribution in [0.5, 0.6) is 0 Å². The summed E-state index contributed by atoms with van der Waals surface area (Å²) in [6, 6.07) is 8.20. The van der Waals surface area contributed by atoms with E-state index in [0.717, 1.165) is 51.4 Å². The average Bonchev–Trinajstić information content (AvgIpc) is 2.54.